The Kier molecular flexibility index (Phi) is 7.17. The molecule has 0 unspecified atom stereocenters. The Morgan fingerprint density at radius 2 is 1.69 bits per heavy atom. The van der Waals surface area contributed by atoms with Crippen molar-refractivity contribution < 1.29 is 14.3 Å². The second kappa shape index (κ2) is 10.0. The third-order valence-corrected chi connectivity index (χ3v) is 4.80. The highest BCUT2D eigenvalue weighted by molar-refractivity contribution is 6.35. The number of ether oxygens (including phenoxy) is 2. The van der Waals surface area contributed by atoms with Crippen LogP contribution in [0, 0.1) is 0 Å². The SMILES string of the molecule is COc1cc(C=CC(=O)Nc2ccccc2)ccc1OCc1c(Cl)cccc1Cl. The molecule has 0 aliphatic carbocycles. The zero-order valence-electron chi connectivity index (χ0n) is 15.7. The molecule has 0 spiro atoms. The molecule has 0 atom stereocenters. The first-order chi connectivity index (χ1) is 14.1. The molecule has 148 valence electrons. The molecule has 4 nitrogen and oxygen atoms in total. The van der Waals surface area contributed by atoms with Crippen molar-refractivity contribution in [1.29, 1.82) is 0 Å². The van der Waals surface area contributed by atoms with Gasteiger partial charge < -0.3 is 14.8 Å². The van der Waals surface area contributed by atoms with E-state index in [2.05, 4.69) is 5.32 Å². The molecule has 0 heterocycles. The Bertz CT molecular complexity index is 1000. The summed E-state index contributed by atoms with van der Waals surface area (Å²) in [6, 6.07) is 20.0. The number of anilines is 1. The van der Waals surface area contributed by atoms with Gasteiger partial charge >= 0.3 is 0 Å². The first-order valence-corrected chi connectivity index (χ1v) is 9.60. The summed E-state index contributed by atoms with van der Waals surface area (Å²) in [7, 11) is 1.56. The van der Waals surface area contributed by atoms with E-state index in [0.717, 1.165) is 11.3 Å². The summed E-state index contributed by atoms with van der Waals surface area (Å²) in [6.07, 6.45) is 3.17. The minimum Gasteiger partial charge on any atom is -0.493 e. The van der Waals surface area contributed by atoms with E-state index in [4.69, 9.17) is 32.7 Å². The summed E-state index contributed by atoms with van der Waals surface area (Å²) >= 11 is 12.4. The van der Waals surface area contributed by atoms with Crippen LogP contribution in [0.5, 0.6) is 11.5 Å². The molecule has 1 N–H and O–H groups in total. The van der Waals surface area contributed by atoms with Crippen molar-refractivity contribution in [3.05, 3.63) is 94.0 Å². The van der Waals surface area contributed by atoms with Gasteiger partial charge in [0.25, 0.3) is 0 Å². The highest BCUT2D eigenvalue weighted by Gasteiger charge is 2.10. The van der Waals surface area contributed by atoms with Crippen LogP contribution in [0.4, 0.5) is 5.69 Å². The Hall–Kier alpha value is -2.95. The lowest BCUT2D eigenvalue weighted by Gasteiger charge is -2.13. The van der Waals surface area contributed by atoms with E-state index in [1.54, 1.807) is 43.5 Å². The molecule has 0 aliphatic heterocycles. The van der Waals surface area contributed by atoms with Crippen LogP contribution in [0.2, 0.25) is 10.0 Å². The lowest BCUT2D eigenvalue weighted by Crippen LogP contribution is -2.07. The Morgan fingerprint density at radius 1 is 0.966 bits per heavy atom. The van der Waals surface area contributed by atoms with E-state index >= 15 is 0 Å². The molecule has 0 aliphatic rings. The van der Waals surface area contributed by atoms with Crippen molar-refractivity contribution in [2.45, 2.75) is 6.61 Å². The van der Waals surface area contributed by atoms with Gasteiger partial charge in [-0.25, -0.2) is 0 Å². The average Bonchev–Trinajstić information content (AvgIpc) is 2.73. The molecule has 0 aromatic heterocycles. The molecule has 29 heavy (non-hydrogen) atoms. The van der Waals surface area contributed by atoms with E-state index in [9.17, 15) is 4.79 Å². The largest absolute Gasteiger partial charge is 0.493 e. The molecule has 3 aromatic rings. The number of methoxy groups -OCH3 is 1. The maximum absolute atomic E-state index is 12.1. The summed E-state index contributed by atoms with van der Waals surface area (Å²) in [4.78, 5) is 12.1. The molecule has 0 saturated carbocycles. The number of halogens is 2. The molecule has 1 amide bonds. The Labute approximate surface area is 179 Å². The second-order valence-electron chi connectivity index (χ2n) is 6.09. The maximum atomic E-state index is 12.1. The van der Waals surface area contributed by atoms with Crippen LogP contribution in [-0.2, 0) is 11.4 Å². The molecule has 0 saturated heterocycles. The minimum absolute atomic E-state index is 0.212. The topological polar surface area (TPSA) is 47.6 Å². The lowest BCUT2D eigenvalue weighted by atomic mass is 10.2. The smallest absolute Gasteiger partial charge is 0.248 e. The Balaban J connectivity index is 1.67. The van der Waals surface area contributed by atoms with Crippen LogP contribution in [0.15, 0.2) is 72.8 Å². The number of para-hydroxylation sites is 1. The zero-order chi connectivity index (χ0) is 20.6. The van der Waals surface area contributed by atoms with Crippen molar-refractivity contribution in [3.8, 4) is 11.5 Å². The van der Waals surface area contributed by atoms with Crippen molar-refractivity contribution in [2.24, 2.45) is 0 Å². The first-order valence-electron chi connectivity index (χ1n) is 8.84. The van der Waals surface area contributed by atoms with E-state index in [1.165, 1.54) is 6.08 Å². The van der Waals surface area contributed by atoms with E-state index < -0.39 is 0 Å². The van der Waals surface area contributed by atoms with Gasteiger partial charge in [-0.1, -0.05) is 53.5 Å². The average molecular weight is 428 g/mol. The van der Waals surface area contributed by atoms with Crippen molar-refractivity contribution >= 4 is 40.9 Å². The predicted octanol–water partition coefficient (Wildman–Crippen LogP) is 6.23. The normalized spacial score (nSPS) is 10.7. The van der Waals surface area contributed by atoms with Crippen LogP contribution >= 0.6 is 23.2 Å². The molecule has 0 bridgehead atoms. The second-order valence-corrected chi connectivity index (χ2v) is 6.90. The molecule has 3 rings (SSSR count). The van der Waals surface area contributed by atoms with Crippen LogP contribution in [0.1, 0.15) is 11.1 Å². The number of amides is 1. The van der Waals surface area contributed by atoms with Gasteiger partial charge in [0.05, 0.1) is 7.11 Å². The van der Waals surface area contributed by atoms with Gasteiger partial charge in [-0.05, 0) is 48.0 Å². The fourth-order valence-electron chi connectivity index (χ4n) is 2.60. The minimum atomic E-state index is -0.219. The maximum Gasteiger partial charge on any atom is 0.248 e. The number of carbonyl (C=O) groups excluding carboxylic acids is 1. The fraction of sp³-hybridized carbons (Fsp3) is 0.0870. The quantitative estimate of drug-likeness (QED) is 0.454. The fourth-order valence-corrected chi connectivity index (χ4v) is 3.11. The van der Waals surface area contributed by atoms with E-state index in [1.807, 2.05) is 36.4 Å². The summed E-state index contributed by atoms with van der Waals surface area (Å²) in [5, 5.41) is 3.88. The highest BCUT2D eigenvalue weighted by atomic mass is 35.5. The number of carbonyl (C=O) groups is 1. The zero-order valence-corrected chi connectivity index (χ0v) is 17.2. The first kappa shape index (κ1) is 20.8. The van der Waals surface area contributed by atoms with Gasteiger partial charge in [0.15, 0.2) is 11.5 Å². The third kappa shape index (κ3) is 5.76. The monoisotopic (exact) mass is 427 g/mol. The van der Waals surface area contributed by atoms with Crippen LogP contribution in [0.3, 0.4) is 0 Å². The summed E-state index contributed by atoms with van der Waals surface area (Å²) in [6.45, 7) is 0.212. The van der Waals surface area contributed by atoms with Crippen molar-refractivity contribution in [3.63, 3.8) is 0 Å². The van der Waals surface area contributed by atoms with Crippen LogP contribution in [0.25, 0.3) is 6.08 Å². The number of hydrogen-bond acceptors (Lipinski definition) is 3. The lowest BCUT2D eigenvalue weighted by molar-refractivity contribution is -0.111. The highest BCUT2D eigenvalue weighted by Crippen LogP contribution is 2.31. The molecule has 0 radical (unpaired) electrons. The number of benzene rings is 3. The van der Waals surface area contributed by atoms with Gasteiger partial charge in [-0.2, -0.15) is 0 Å². The summed E-state index contributed by atoms with van der Waals surface area (Å²) in [5.41, 5.74) is 2.24. The standard InChI is InChI=1S/C23H19Cl2NO3/c1-28-22-14-16(11-13-23(27)26-17-6-3-2-4-7-17)10-12-21(22)29-15-18-19(24)8-5-9-20(18)25/h2-14H,15H2,1H3,(H,26,27). The molecular formula is C23H19Cl2NO3. The Morgan fingerprint density at radius 3 is 2.38 bits per heavy atom. The van der Waals surface area contributed by atoms with Crippen LogP contribution in [-0.4, -0.2) is 13.0 Å². The van der Waals surface area contributed by atoms with E-state index in [0.29, 0.717) is 27.1 Å². The molecular weight excluding hydrogens is 409 g/mol. The van der Waals surface area contributed by atoms with Gasteiger partial charge in [0.1, 0.15) is 6.61 Å². The summed E-state index contributed by atoms with van der Waals surface area (Å²) in [5.74, 6) is 0.872. The van der Waals surface area contributed by atoms with Gasteiger partial charge in [-0.15, -0.1) is 0 Å². The van der Waals surface area contributed by atoms with Crippen molar-refractivity contribution in [1.82, 2.24) is 0 Å². The van der Waals surface area contributed by atoms with Gasteiger partial charge in [0, 0.05) is 27.4 Å². The van der Waals surface area contributed by atoms with Crippen LogP contribution < -0.4 is 14.8 Å². The summed E-state index contributed by atoms with van der Waals surface area (Å²) < 4.78 is 11.3. The number of rotatable bonds is 7. The third-order valence-electron chi connectivity index (χ3n) is 4.09. The number of hydrogen-bond donors (Lipinski definition) is 1. The molecule has 6 heteroatoms. The number of nitrogens with one attached hydrogen (secondary N) is 1. The molecule has 0 fully saturated rings. The van der Waals surface area contributed by atoms with E-state index in [-0.39, 0.29) is 12.5 Å². The van der Waals surface area contributed by atoms with Gasteiger partial charge in [-0.3, -0.25) is 4.79 Å². The van der Waals surface area contributed by atoms with Gasteiger partial charge in [0.2, 0.25) is 5.91 Å². The predicted molar refractivity (Wildman–Crippen MR) is 118 cm³/mol. The molecule has 3 aromatic carbocycles. The van der Waals surface area contributed by atoms with Crippen molar-refractivity contribution in [2.75, 3.05) is 12.4 Å².